The van der Waals surface area contributed by atoms with Gasteiger partial charge in [-0.3, -0.25) is 4.90 Å². The first-order valence-electron chi connectivity index (χ1n) is 4.01. The van der Waals surface area contributed by atoms with Crippen molar-refractivity contribution in [1.82, 2.24) is 4.90 Å². The monoisotopic (exact) mass is 143 g/mol. The largest absolute Gasteiger partial charge is 0.380 e. The molecule has 2 heteroatoms. The van der Waals surface area contributed by atoms with Crippen LogP contribution < -0.4 is 0 Å². The number of hydrogen-bond acceptors (Lipinski definition) is 2. The molecule has 0 aromatic carbocycles. The van der Waals surface area contributed by atoms with Crippen LogP contribution in [0.3, 0.4) is 0 Å². The summed E-state index contributed by atoms with van der Waals surface area (Å²) >= 11 is 0. The van der Waals surface area contributed by atoms with E-state index in [1.54, 1.807) is 0 Å². The molecule has 10 heavy (non-hydrogen) atoms. The fraction of sp³-hybridized carbons (Fsp3) is 1.00. The Labute approximate surface area is 63.2 Å². The minimum Gasteiger partial charge on any atom is -0.380 e. The van der Waals surface area contributed by atoms with Gasteiger partial charge < -0.3 is 4.74 Å². The van der Waals surface area contributed by atoms with Crippen molar-refractivity contribution in [2.24, 2.45) is 0 Å². The van der Waals surface area contributed by atoms with Crippen LogP contribution in [0.15, 0.2) is 0 Å². The third-order valence-corrected chi connectivity index (χ3v) is 2.30. The molecule has 0 spiro atoms. The summed E-state index contributed by atoms with van der Waals surface area (Å²) in [5.74, 6) is 0. The van der Waals surface area contributed by atoms with E-state index in [-0.39, 0.29) is 0 Å². The first-order valence-corrected chi connectivity index (χ1v) is 4.01. The molecule has 0 bridgehead atoms. The molecule has 0 aromatic heterocycles. The number of hydrogen-bond donors (Lipinski definition) is 0. The molecule has 0 saturated carbocycles. The van der Waals surface area contributed by atoms with Gasteiger partial charge in [0, 0.05) is 18.7 Å². The SMILES string of the molecule is CC(C)N(C)[C@H]1CCOC1. The number of nitrogens with zero attached hydrogens (tertiary/aromatic N) is 1. The molecule has 1 heterocycles. The van der Waals surface area contributed by atoms with Gasteiger partial charge in [-0.25, -0.2) is 0 Å². The highest BCUT2D eigenvalue weighted by Crippen LogP contribution is 2.12. The van der Waals surface area contributed by atoms with Gasteiger partial charge in [0.15, 0.2) is 0 Å². The van der Waals surface area contributed by atoms with E-state index in [2.05, 4.69) is 25.8 Å². The number of ether oxygens (including phenoxy) is 1. The third kappa shape index (κ3) is 1.70. The zero-order chi connectivity index (χ0) is 7.56. The standard InChI is InChI=1S/C8H17NO/c1-7(2)9(3)8-4-5-10-6-8/h7-8H,4-6H2,1-3H3/t8-/m0/s1. The third-order valence-electron chi connectivity index (χ3n) is 2.30. The molecular weight excluding hydrogens is 126 g/mol. The molecule has 0 radical (unpaired) electrons. The Morgan fingerprint density at radius 1 is 1.50 bits per heavy atom. The summed E-state index contributed by atoms with van der Waals surface area (Å²) in [6, 6.07) is 1.31. The van der Waals surface area contributed by atoms with Crippen molar-refractivity contribution >= 4 is 0 Å². The molecule has 0 aliphatic carbocycles. The molecular formula is C8H17NO. The van der Waals surface area contributed by atoms with E-state index in [1.165, 1.54) is 6.42 Å². The first kappa shape index (κ1) is 8.02. The van der Waals surface area contributed by atoms with Gasteiger partial charge in [0.05, 0.1) is 6.61 Å². The molecule has 2 nitrogen and oxygen atoms in total. The maximum Gasteiger partial charge on any atom is 0.0622 e. The fourth-order valence-corrected chi connectivity index (χ4v) is 1.26. The second kappa shape index (κ2) is 3.35. The number of rotatable bonds is 2. The van der Waals surface area contributed by atoms with Crippen molar-refractivity contribution < 1.29 is 4.74 Å². The molecule has 0 amide bonds. The van der Waals surface area contributed by atoms with Gasteiger partial charge in [0.1, 0.15) is 0 Å². The lowest BCUT2D eigenvalue weighted by atomic mass is 10.2. The molecule has 1 rings (SSSR count). The smallest absolute Gasteiger partial charge is 0.0622 e. The van der Waals surface area contributed by atoms with Gasteiger partial charge in [0.2, 0.25) is 0 Å². The Bertz CT molecular complexity index is 97.4. The summed E-state index contributed by atoms with van der Waals surface area (Å²) in [4.78, 5) is 2.38. The van der Waals surface area contributed by atoms with E-state index in [1.807, 2.05) is 0 Å². The molecule has 1 atom stereocenters. The molecule has 0 unspecified atom stereocenters. The van der Waals surface area contributed by atoms with Gasteiger partial charge in [-0.1, -0.05) is 0 Å². The van der Waals surface area contributed by atoms with Crippen molar-refractivity contribution in [3.63, 3.8) is 0 Å². The maximum atomic E-state index is 5.29. The summed E-state index contributed by atoms with van der Waals surface area (Å²) in [6.07, 6.45) is 1.20. The van der Waals surface area contributed by atoms with Crippen molar-refractivity contribution in [2.45, 2.75) is 32.4 Å². The van der Waals surface area contributed by atoms with Crippen molar-refractivity contribution in [3.8, 4) is 0 Å². The minimum atomic E-state index is 0.645. The van der Waals surface area contributed by atoms with Crippen molar-refractivity contribution in [2.75, 3.05) is 20.3 Å². The van der Waals surface area contributed by atoms with Crippen LogP contribution in [-0.4, -0.2) is 37.2 Å². The fourth-order valence-electron chi connectivity index (χ4n) is 1.26. The van der Waals surface area contributed by atoms with Crippen LogP contribution in [0, 0.1) is 0 Å². The van der Waals surface area contributed by atoms with Crippen LogP contribution in [0.25, 0.3) is 0 Å². The highest BCUT2D eigenvalue weighted by Gasteiger charge is 2.21. The summed E-state index contributed by atoms with van der Waals surface area (Å²) in [7, 11) is 2.17. The Balaban J connectivity index is 2.32. The van der Waals surface area contributed by atoms with E-state index in [0.29, 0.717) is 12.1 Å². The van der Waals surface area contributed by atoms with E-state index in [9.17, 15) is 0 Å². The van der Waals surface area contributed by atoms with Crippen molar-refractivity contribution in [1.29, 1.82) is 0 Å². The lowest BCUT2D eigenvalue weighted by molar-refractivity contribution is 0.143. The highest BCUT2D eigenvalue weighted by molar-refractivity contribution is 4.74. The lowest BCUT2D eigenvalue weighted by Gasteiger charge is -2.26. The van der Waals surface area contributed by atoms with Crippen LogP contribution in [0.4, 0.5) is 0 Å². The average molecular weight is 143 g/mol. The molecule has 1 aliphatic rings. The van der Waals surface area contributed by atoms with Crippen LogP contribution >= 0.6 is 0 Å². The summed E-state index contributed by atoms with van der Waals surface area (Å²) in [5.41, 5.74) is 0. The van der Waals surface area contributed by atoms with E-state index in [4.69, 9.17) is 4.74 Å². The van der Waals surface area contributed by atoms with Gasteiger partial charge in [-0.2, -0.15) is 0 Å². The minimum absolute atomic E-state index is 0.645. The topological polar surface area (TPSA) is 12.5 Å². The maximum absolute atomic E-state index is 5.29. The van der Waals surface area contributed by atoms with E-state index >= 15 is 0 Å². The molecule has 60 valence electrons. The lowest BCUT2D eigenvalue weighted by Crippen LogP contribution is -2.37. The molecule has 1 aliphatic heterocycles. The molecule has 0 aromatic rings. The Hall–Kier alpha value is -0.0800. The second-order valence-corrected chi connectivity index (χ2v) is 3.28. The van der Waals surface area contributed by atoms with Gasteiger partial charge in [-0.05, 0) is 27.3 Å². The van der Waals surface area contributed by atoms with Gasteiger partial charge in [0.25, 0.3) is 0 Å². The van der Waals surface area contributed by atoms with Gasteiger partial charge >= 0.3 is 0 Å². The molecule has 1 saturated heterocycles. The second-order valence-electron chi connectivity index (χ2n) is 3.28. The predicted octanol–water partition coefficient (Wildman–Crippen LogP) is 1.12. The van der Waals surface area contributed by atoms with E-state index < -0.39 is 0 Å². The summed E-state index contributed by atoms with van der Waals surface area (Å²) < 4.78 is 5.29. The summed E-state index contributed by atoms with van der Waals surface area (Å²) in [5, 5.41) is 0. The van der Waals surface area contributed by atoms with Crippen LogP contribution in [0.2, 0.25) is 0 Å². The normalized spacial score (nSPS) is 26.7. The zero-order valence-electron chi connectivity index (χ0n) is 7.13. The Morgan fingerprint density at radius 3 is 2.60 bits per heavy atom. The average Bonchev–Trinajstić information content (AvgIpc) is 2.36. The summed E-state index contributed by atoms with van der Waals surface area (Å²) in [6.45, 7) is 6.31. The Kier molecular flexibility index (Phi) is 2.69. The quantitative estimate of drug-likeness (QED) is 0.574. The van der Waals surface area contributed by atoms with Crippen LogP contribution in [0.1, 0.15) is 20.3 Å². The van der Waals surface area contributed by atoms with Crippen molar-refractivity contribution in [3.05, 3.63) is 0 Å². The van der Waals surface area contributed by atoms with E-state index in [0.717, 1.165) is 13.2 Å². The number of likely N-dealkylation sites (N-methyl/N-ethyl adjacent to an activating group) is 1. The zero-order valence-corrected chi connectivity index (χ0v) is 7.13. The molecule has 0 N–H and O–H groups in total. The first-order chi connectivity index (χ1) is 4.72. The van der Waals surface area contributed by atoms with Crippen LogP contribution in [0.5, 0.6) is 0 Å². The predicted molar refractivity (Wildman–Crippen MR) is 42.1 cm³/mol. The molecule has 1 fully saturated rings. The Morgan fingerprint density at radius 2 is 2.20 bits per heavy atom. The highest BCUT2D eigenvalue weighted by atomic mass is 16.5. The van der Waals surface area contributed by atoms with Gasteiger partial charge in [-0.15, -0.1) is 0 Å². The van der Waals surface area contributed by atoms with Crippen LogP contribution in [-0.2, 0) is 4.74 Å².